The Morgan fingerprint density at radius 3 is 2.93 bits per heavy atom. The van der Waals surface area contributed by atoms with Crippen molar-refractivity contribution in [3.05, 3.63) is 35.7 Å². The number of ether oxygens (including phenoxy) is 1. The zero-order valence-electron chi connectivity index (χ0n) is 8.37. The lowest BCUT2D eigenvalue weighted by Crippen LogP contribution is -1.98. The molecular weight excluding hydrogens is 197 g/mol. The number of nitrogen functional groups attached to an aromatic ring is 1. The minimum Gasteiger partial charge on any atom is -0.463 e. The lowest BCUT2D eigenvalue weighted by atomic mass is 10.2. The SMILES string of the molecule is CCOC(=O)C=Cc1ccc(N)c(F)c1. The quantitative estimate of drug-likeness (QED) is 0.470. The Morgan fingerprint density at radius 1 is 1.60 bits per heavy atom. The van der Waals surface area contributed by atoms with Crippen LogP contribution in [0.15, 0.2) is 24.3 Å². The van der Waals surface area contributed by atoms with Gasteiger partial charge in [0.2, 0.25) is 0 Å². The van der Waals surface area contributed by atoms with Crippen molar-refractivity contribution in [1.29, 1.82) is 0 Å². The van der Waals surface area contributed by atoms with Crippen LogP contribution >= 0.6 is 0 Å². The predicted octanol–water partition coefficient (Wildman–Crippen LogP) is 1.98. The van der Waals surface area contributed by atoms with E-state index in [-0.39, 0.29) is 5.69 Å². The molecule has 0 saturated carbocycles. The number of nitrogens with two attached hydrogens (primary N) is 1. The first-order chi connectivity index (χ1) is 7.13. The molecule has 4 heteroatoms. The van der Waals surface area contributed by atoms with Crippen LogP contribution < -0.4 is 5.73 Å². The Bertz CT molecular complexity index is 388. The number of esters is 1. The van der Waals surface area contributed by atoms with Gasteiger partial charge in [-0.15, -0.1) is 0 Å². The highest BCUT2D eigenvalue weighted by molar-refractivity contribution is 5.87. The van der Waals surface area contributed by atoms with Gasteiger partial charge in [-0.25, -0.2) is 9.18 Å². The molecule has 0 aromatic heterocycles. The van der Waals surface area contributed by atoms with Gasteiger partial charge in [0, 0.05) is 6.08 Å². The van der Waals surface area contributed by atoms with Gasteiger partial charge in [-0.2, -0.15) is 0 Å². The van der Waals surface area contributed by atoms with Crippen LogP contribution in [0.25, 0.3) is 6.08 Å². The van der Waals surface area contributed by atoms with Crippen molar-refractivity contribution >= 4 is 17.7 Å². The van der Waals surface area contributed by atoms with Gasteiger partial charge in [-0.3, -0.25) is 0 Å². The summed E-state index contributed by atoms with van der Waals surface area (Å²) in [6, 6.07) is 4.32. The van der Waals surface area contributed by atoms with Crippen LogP contribution in [0.3, 0.4) is 0 Å². The molecule has 1 rings (SSSR count). The van der Waals surface area contributed by atoms with Crippen molar-refractivity contribution in [2.24, 2.45) is 0 Å². The van der Waals surface area contributed by atoms with Crippen molar-refractivity contribution in [2.45, 2.75) is 6.92 Å². The molecule has 80 valence electrons. The summed E-state index contributed by atoms with van der Waals surface area (Å²) in [7, 11) is 0. The fourth-order valence-corrected chi connectivity index (χ4v) is 1.00. The van der Waals surface area contributed by atoms with Crippen LogP contribution in [0.5, 0.6) is 0 Å². The molecule has 0 unspecified atom stereocenters. The molecular formula is C11H12FNO2. The van der Waals surface area contributed by atoms with E-state index >= 15 is 0 Å². The molecule has 0 aliphatic rings. The maximum atomic E-state index is 13.0. The first-order valence-corrected chi connectivity index (χ1v) is 4.53. The van der Waals surface area contributed by atoms with Gasteiger partial charge in [0.05, 0.1) is 12.3 Å². The second kappa shape index (κ2) is 5.14. The predicted molar refractivity (Wildman–Crippen MR) is 56.5 cm³/mol. The molecule has 0 bridgehead atoms. The van der Waals surface area contributed by atoms with Crippen LogP contribution in [0.1, 0.15) is 12.5 Å². The molecule has 0 fully saturated rings. The third-order valence-electron chi connectivity index (χ3n) is 1.72. The monoisotopic (exact) mass is 209 g/mol. The second-order valence-electron chi connectivity index (χ2n) is 2.87. The molecule has 0 radical (unpaired) electrons. The molecule has 0 spiro atoms. The van der Waals surface area contributed by atoms with Gasteiger partial charge in [0.25, 0.3) is 0 Å². The van der Waals surface area contributed by atoms with Crippen molar-refractivity contribution < 1.29 is 13.9 Å². The minimum atomic E-state index is -0.499. The van der Waals surface area contributed by atoms with Gasteiger partial charge in [0.1, 0.15) is 5.82 Å². The van der Waals surface area contributed by atoms with E-state index < -0.39 is 11.8 Å². The summed E-state index contributed by atoms with van der Waals surface area (Å²) < 4.78 is 17.7. The largest absolute Gasteiger partial charge is 0.463 e. The normalized spacial score (nSPS) is 10.5. The Morgan fingerprint density at radius 2 is 2.33 bits per heavy atom. The second-order valence-corrected chi connectivity index (χ2v) is 2.87. The summed E-state index contributed by atoms with van der Waals surface area (Å²) >= 11 is 0. The number of carbonyl (C=O) groups is 1. The number of rotatable bonds is 3. The number of carbonyl (C=O) groups excluding carboxylic acids is 1. The zero-order chi connectivity index (χ0) is 11.3. The molecule has 1 aromatic rings. The third-order valence-corrected chi connectivity index (χ3v) is 1.72. The fourth-order valence-electron chi connectivity index (χ4n) is 1.00. The first-order valence-electron chi connectivity index (χ1n) is 4.53. The van der Waals surface area contributed by atoms with Gasteiger partial charge < -0.3 is 10.5 Å². The molecule has 0 amide bonds. The summed E-state index contributed by atoms with van der Waals surface area (Å²) in [6.45, 7) is 2.04. The van der Waals surface area contributed by atoms with E-state index in [2.05, 4.69) is 4.74 Å². The van der Waals surface area contributed by atoms with Gasteiger partial charge in [-0.1, -0.05) is 6.07 Å². The summed E-state index contributed by atoms with van der Waals surface area (Å²) in [5.74, 6) is -0.948. The summed E-state index contributed by atoms with van der Waals surface area (Å²) in [6.07, 6.45) is 2.72. The molecule has 0 aliphatic heterocycles. The highest BCUT2D eigenvalue weighted by Gasteiger charge is 1.98. The number of hydrogen-bond donors (Lipinski definition) is 1. The molecule has 0 saturated heterocycles. The molecule has 0 aliphatic carbocycles. The van der Waals surface area contributed by atoms with Gasteiger partial charge >= 0.3 is 5.97 Å². The van der Waals surface area contributed by atoms with Crippen LogP contribution in [0.2, 0.25) is 0 Å². The van der Waals surface area contributed by atoms with E-state index in [0.29, 0.717) is 12.2 Å². The highest BCUT2D eigenvalue weighted by Crippen LogP contribution is 2.12. The standard InChI is InChI=1S/C11H12FNO2/c1-2-15-11(14)6-4-8-3-5-10(13)9(12)7-8/h3-7H,2,13H2,1H3. The average Bonchev–Trinajstić information content (AvgIpc) is 2.20. The lowest BCUT2D eigenvalue weighted by Gasteiger charge is -1.98. The van der Waals surface area contributed by atoms with Crippen LogP contribution in [-0.2, 0) is 9.53 Å². The maximum absolute atomic E-state index is 13.0. The smallest absolute Gasteiger partial charge is 0.330 e. The van der Waals surface area contributed by atoms with E-state index in [1.165, 1.54) is 24.3 Å². The molecule has 0 atom stereocenters. The average molecular weight is 209 g/mol. The van der Waals surface area contributed by atoms with Crippen molar-refractivity contribution in [2.75, 3.05) is 12.3 Å². The van der Waals surface area contributed by atoms with E-state index in [4.69, 9.17) is 5.73 Å². The maximum Gasteiger partial charge on any atom is 0.330 e. The Kier molecular flexibility index (Phi) is 3.85. The van der Waals surface area contributed by atoms with E-state index in [0.717, 1.165) is 0 Å². The minimum absolute atomic E-state index is 0.0864. The molecule has 15 heavy (non-hydrogen) atoms. The van der Waals surface area contributed by atoms with Crippen LogP contribution in [0, 0.1) is 5.82 Å². The van der Waals surface area contributed by atoms with E-state index in [1.807, 2.05) is 0 Å². The number of hydrogen-bond acceptors (Lipinski definition) is 3. The fraction of sp³-hybridized carbons (Fsp3) is 0.182. The van der Waals surface area contributed by atoms with Crippen molar-refractivity contribution in [1.82, 2.24) is 0 Å². The Balaban J connectivity index is 2.72. The number of anilines is 1. The molecule has 3 nitrogen and oxygen atoms in total. The Hall–Kier alpha value is -1.84. The Labute approximate surface area is 87.3 Å². The third kappa shape index (κ3) is 3.42. The number of halogens is 1. The lowest BCUT2D eigenvalue weighted by molar-refractivity contribution is -0.137. The summed E-state index contributed by atoms with van der Waals surface area (Å²) in [5.41, 5.74) is 5.95. The van der Waals surface area contributed by atoms with E-state index in [1.54, 1.807) is 13.0 Å². The molecule has 2 N–H and O–H groups in total. The number of benzene rings is 1. The summed E-state index contributed by atoms with van der Waals surface area (Å²) in [4.78, 5) is 10.9. The van der Waals surface area contributed by atoms with Crippen LogP contribution in [-0.4, -0.2) is 12.6 Å². The van der Waals surface area contributed by atoms with Crippen molar-refractivity contribution in [3.63, 3.8) is 0 Å². The molecule has 1 aromatic carbocycles. The summed E-state index contributed by atoms with van der Waals surface area (Å²) in [5, 5.41) is 0. The van der Waals surface area contributed by atoms with E-state index in [9.17, 15) is 9.18 Å². The zero-order valence-corrected chi connectivity index (χ0v) is 8.37. The first kappa shape index (κ1) is 11.2. The van der Waals surface area contributed by atoms with Gasteiger partial charge in [0.15, 0.2) is 0 Å². The topological polar surface area (TPSA) is 52.3 Å². The van der Waals surface area contributed by atoms with Crippen molar-refractivity contribution in [3.8, 4) is 0 Å². The van der Waals surface area contributed by atoms with Crippen LogP contribution in [0.4, 0.5) is 10.1 Å². The van der Waals surface area contributed by atoms with Gasteiger partial charge in [-0.05, 0) is 30.7 Å². The highest BCUT2D eigenvalue weighted by atomic mass is 19.1. The molecule has 0 heterocycles.